The lowest BCUT2D eigenvalue weighted by Crippen LogP contribution is -2.44. The number of H-pyrrole nitrogens is 1. The summed E-state index contributed by atoms with van der Waals surface area (Å²) in [6, 6.07) is 3.70. The lowest BCUT2D eigenvalue weighted by atomic mass is 10.1. The highest BCUT2D eigenvalue weighted by Gasteiger charge is 2.21. The normalized spacial score (nSPS) is 18.2. The van der Waals surface area contributed by atoms with Gasteiger partial charge in [0.25, 0.3) is 0 Å². The third-order valence-corrected chi connectivity index (χ3v) is 4.18. The second kappa shape index (κ2) is 7.06. The first kappa shape index (κ1) is 15.9. The van der Waals surface area contributed by atoms with Crippen LogP contribution in [0.3, 0.4) is 0 Å². The van der Waals surface area contributed by atoms with E-state index in [1.807, 2.05) is 6.07 Å². The number of carbonyl (C=O) groups is 1. The number of morpholine rings is 1. The van der Waals surface area contributed by atoms with Gasteiger partial charge in [-0.05, 0) is 13.0 Å². The fourth-order valence-electron chi connectivity index (χ4n) is 2.54. The lowest BCUT2D eigenvalue weighted by molar-refractivity contribution is 0.0976. The molecule has 0 saturated carbocycles. The maximum Gasteiger partial charge on any atom is 0.180 e. The van der Waals surface area contributed by atoms with E-state index in [0.29, 0.717) is 42.5 Å². The van der Waals surface area contributed by atoms with Gasteiger partial charge in [0.1, 0.15) is 5.69 Å². The van der Waals surface area contributed by atoms with Crippen molar-refractivity contribution in [1.29, 1.82) is 0 Å². The molecule has 0 radical (unpaired) electrons. The van der Waals surface area contributed by atoms with Crippen LogP contribution in [0.25, 0.3) is 0 Å². The van der Waals surface area contributed by atoms with Crippen LogP contribution in [0, 0.1) is 0 Å². The van der Waals surface area contributed by atoms with E-state index in [0.717, 1.165) is 12.4 Å². The Balaban J connectivity index is 1.66. The molecule has 2 aromatic rings. The first-order valence-electron chi connectivity index (χ1n) is 7.54. The summed E-state index contributed by atoms with van der Waals surface area (Å²) in [7, 11) is 0. The van der Waals surface area contributed by atoms with Gasteiger partial charge in [0.05, 0.1) is 30.0 Å². The highest BCUT2D eigenvalue weighted by molar-refractivity contribution is 6.31. The number of nitrogens with zero attached hydrogens (tertiary/aromatic N) is 4. The molecule has 0 aromatic carbocycles. The first-order chi connectivity index (χ1) is 11.1. The Morgan fingerprint density at radius 3 is 3.09 bits per heavy atom. The summed E-state index contributed by atoms with van der Waals surface area (Å²) in [6.07, 6.45) is 2.31. The van der Waals surface area contributed by atoms with E-state index in [1.165, 1.54) is 0 Å². The van der Waals surface area contributed by atoms with Crippen LogP contribution in [0.5, 0.6) is 0 Å². The zero-order valence-corrected chi connectivity index (χ0v) is 13.6. The lowest BCUT2D eigenvalue weighted by Gasteiger charge is -2.34. The van der Waals surface area contributed by atoms with Crippen LogP contribution in [0.4, 0.5) is 5.82 Å². The molecular weight excluding hydrogens is 318 g/mol. The number of nitrogens with one attached hydrogen (secondary N) is 1. The van der Waals surface area contributed by atoms with Gasteiger partial charge in [-0.25, -0.2) is 0 Å². The molecule has 1 N–H and O–H groups in total. The van der Waals surface area contributed by atoms with E-state index in [-0.39, 0.29) is 11.8 Å². The van der Waals surface area contributed by atoms with Crippen molar-refractivity contribution in [1.82, 2.24) is 20.4 Å². The summed E-state index contributed by atoms with van der Waals surface area (Å²) in [5.41, 5.74) is 1.12. The van der Waals surface area contributed by atoms with Crippen LogP contribution in [-0.4, -0.2) is 52.0 Å². The maximum atomic E-state index is 12.0. The quantitative estimate of drug-likeness (QED) is 0.840. The summed E-state index contributed by atoms with van der Waals surface area (Å²) in [5.74, 6) is 0.723. The summed E-state index contributed by atoms with van der Waals surface area (Å²) in [6.45, 7) is 4.18. The molecule has 7 nitrogen and oxygen atoms in total. The zero-order valence-electron chi connectivity index (χ0n) is 12.8. The Morgan fingerprint density at radius 2 is 2.39 bits per heavy atom. The largest absolute Gasteiger partial charge is 0.377 e. The average molecular weight is 336 g/mol. The van der Waals surface area contributed by atoms with Gasteiger partial charge >= 0.3 is 0 Å². The van der Waals surface area contributed by atoms with Crippen LogP contribution in [0.2, 0.25) is 5.02 Å². The van der Waals surface area contributed by atoms with Crippen molar-refractivity contribution in [3.8, 4) is 0 Å². The molecule has 0 spiro atoms. The topological polar surface area (TPSA) is 84.0 Å². The van der Waals surface area contributed by atoms with Gasteiger partial charge in [-0.3, -0.25) is 9.89 Å². The number of anilines is 1. The fourth-order valence-corrected chi connectivity index (χ4v) is 2.77. The SMILES string of the molecule is C[C@@H]1COCCN1c1cc(Cl)c(CCC(=O)c2ccn[nH]2)nn1. The highest BCUT2D eigenvalue weighted by atomic mass is 35.5. The number of aryl methyl sites for hydroxylation is 1. The molecule has 1 aliphatic rings. The third-order valence-electron chi connectivity index (χ3n) is 3.86. The Hall–Kier alpha value is -1.99. The predicted molar refractivity (Wildman–Crippen MR) is 85.9 cm³/mol. The standard InChI is InChI=1S/C15H18ClN5O2/c1-10-9-23-7-6-21(10)15-8-11(16)12(19-20-15)2-3-14(22)13-4-5-17-18-13/h4-5,8,10H,2-3,6-7,9H2,1H3,(H,17,18)/t10-/m1/s1. The molecule has 3 rings (SSSR count). The van der Waals surface area contributed by atoms with Crippen molar-refractivity contribution in [2.24, 2.45) is 0 Å². The Bertz CT molecular complexity index is 677. The number of rotatable bonds is 5. The molecular formula is C15H18ClN5O2. The maximum absolute atomic E-state index is 12.0. The molecule has 8 heteroatoms. The van der Waals surface area contributed by atoms with Gasteiger partial charge in [0.15, 0.2) is 11.6 Å². The Labute approximate surface area is 139 Å². The van der Waals surface area contributed by atoms with E-state index in [2.05, 4.69) is 32.2 Å². The van der Waals surface area contributed by atoms with Crippen molar-refractivity contribution in [3.05, 3.63) is 34.7 Å². The average Bonchev–Trinajstić information content (AvgIpc) is 3.08. The molecule has 1 fully saturated rings. The first-order valence-corrected chi connectivity index (χ1v) is 7.92. The molecule has 122 valence electrons. The number of hydrogen-bond donors (Lipinski definition) is 1. The molecule has 3 heterocycles. The smallest absolute Gasteiger partial charge is 0.180 e. The minimum atomic E-state index is -0.0220. The van der Waals surface area contributed by atoms with E-state index >= 15 is 0 Å². The molecule has 1 aliphatic heterocycles. The second-order valence-electron chi connectivity index (χ2n) is 5.51. The summed E-state index contributed by atoms with van der Waals surface area (Å²) in [5, 5.41) is 15.4. The second-order valence-corrected chi connectivity index (χ2v) is 5.92. The molecule has 0 aliphatic carbocycles. The van der Waals surface area contributed by atoms with E-state index in [4.69, 9.17) is 16.3 Å². The highest BCUT2D eigenvalue weighted by Crippen LogP contribution is 2.23. The van der Waals surface area contributed by atoms with Crippen molar-refractivity contribution in [3.63, 3.8) is 0 Å². The van der Waals surface area contributed by atoms with Crippen molar-refractivity contribution in [2.75, 3.05) is 24.7 Å². The van der Waals surface area contributed by atoms with E-state index in [1.54, 1.807) is 12.3 Å². The molecule has 1 atom stereocenters. The van der Waals surface area contributed by atoms with E-state index in [9.17, 15) is 4.79 Å². The number of halogens is 1. The van der Waals surface area contributed by atoms with Crippen molar-refractivity contribution in [2.45, 2.75) is 25.8 Å². The third kappa shape index (κ3) is 3.68. The number of ether oxygens (including phenoxy) is 1. The Morgan fingerprint density at radius 1 is 1.52 bits per heavy atom. The summed E-state index contributed by atoms with van der Waals surface area (Å²) >= 11 is 6.31. The van der Waals surface area contributed by atoms with Crippen molar-refractivity contribution < 1.29 is 9.53 Å². The van der Waals surface area contributed by atoms with Gasteiger partial charge < -0.3 is 9.64 Å². The Kier molecular flexibility index (Phi) is 4.88. The van der Waals surface area contributed by atoms with Gasteiger partial charge in [0.2, 0.25) is 0 Å². The van der Waals surface area contributed by atoms with Crippen LogP contribution < -0.4 is 4.90 Å². The summed E-state index contributed by atoms with van der Waals surface area (Å²) in [4.78, 5) is 14.1. The number of hydrogen-bond acceptors (Lipinski definition) is 6. The van der Waals surface area contributed by atoms with Gasteiger partial charge in [0, 0.05) is 31.6 Å². The van der Waals surface area contributed by atoms with Crippen molar-refractivity contribution >= 4 is 23.2 Å². The zero-order chi connectivity index (χ0) is 16.2. The van der Waals surface area contributed by atoms with Gasteiger partial charge in [-0.2, -0.15) is 10.2 Å². The number of aromatic amines is 1. The number of aromatic nitrogens is 4. The fraction of sp³-hybridized carbons (Fsp3) is 0.467. The monoisotopic (exact) mass is 335 g/mol. The van der Waals surface area contributed by atoms with Crippen LogP contribution in [-0.2, 0) is 11.2 Å². The molecule has 2 aromatic heterocycles. The van der Waals surface area contributed by atoms with Gasteiger partial charge in [-0.1, -0.05) is 11.6 Å². The molecule has 0 unspecified atom stereocenters. The minimum Gasteiger partial charge on any atom is -0.377 e. The van der Waals surface area contributed by atoms with Crippen LogP contribution in [0.1, 0.15) is 29.5 Å². The minimum absolute atomic E-state index is 0.0220. The number of carbonyl (C=O) groups excluding carboxylic acids is 1. The number of Topliss-reactive ketones (excluding diaryl/α,β-unsaturated/α-hetero) is 1. The predicted octanol–water partition coefficient (Wildman–Crippen LogP) is 1.89. The molecule has 0 bridgehead atoms. The van der Waals surface area contributed by atoms with Crippen LogP contribution in [0.15, 0.2) is 18.3 Å². The number of ketones is 1. The van der Waals surface area contributed by atoms with Gasteiger partial charge in [-0.15, -0.1) is 5.10 Å². The van der Waals surface area contributed by atoms with Crippen LogP contribution >= 0.6 is 11.6 Å². The molecule has 23 heavy (non-hydrogen) atoms. The summed E-state index contributed by atoms with van der Waals surface area (Å²) < 4.78 is 5.42. The van der Waals surface area contributed by atoms with E-state index < -0.39 is 0 Å². The molecule has 0 amide bonds. The molecule has 1 saturated heterocycles.